The molecule has 2 rings (SSSR count). The molecule has 2 aliphatic carbocycles. The fourth-order valence-corrected chi connectivity index (χ4v) is 4.48. The van der Waals surface area contributed by atoms with Gasteiger partial charge in [0.05, 0.1) is 11.7 Å². The minimum Gasteiger partial charge on any atom is -0.393 e. The molecule has 0 spiro atoms. The van der Waals surface area contributed by atoms with E-state index in [0.29, 0.717) is 11.3 Å². The Bertz CT molecular complexity index is 281. The van der Waals surface area contributed by atoms with Crippen molar-refractivity contribution in [1.29, 1.82) is 0 Å². The largest absolute Gasteiger partial charge is 0.393 e. The number of aliphatic hydroxyl groups excluding tert-OH is 1. The van der Waals surface area contributed by atoms with Crippen LogP contribution in [0.4, 0.5) is 0 Å². The predicted octanol–water partition coefficient (Wildman–Crippen LogP) is 2.97. The van der Waals surface area contributed by atoms with E-state index in [0.717, 1.165) is 18.8 Å². The van der Waals surface area contributed by atoms with Gasteiger partial charge in [-0.2, -0.15) is 0 Å². The van der Waals surface area contributed by atoms with Crippen molar-refractivity contribution < 1.29 is 10.2 Å². The van der Waals surface area contributed by atoms with Gasteiger partial charge in [0.15, 0.2) is 0 Å². The zero-order valence-electron chi connectivity index (χ0n) is 11.7. The summed E-state index contributed by atoms with van der Waals surface area (Å²) in [6.45, 7) is 8.38. The van der Waals surface area contributed by atoms with Crippen molar-refractivity contribution >= 4 is 0 Å². The number of rotatable bonds is 1. The predicted molar refractivity (Wildman–Crippen MR) is 69.6 cm³/mol. The third kappa shape index (κ3) is 2.39. The van der Waals surface area contributed by atoms with Gasteiger partial charge in [0, 0.05) is 5.92 Å². The maximum Gasteiger partial charge on any atom is 0.0644 e. The molecule has 2 aliphatic rings. The zero-order valence-corrected chi connectivity index (χ0v) is 11.7. The zero-order chi connectivity index (χ0) is 12.8. The van der Waals surface area contributed by atoms with E-state index in [4.69, 9.17) is 0 Å². The van der Waals surface area contributed by atoms with Gasteiger partial charge in [-0.3, -0.25) is 0 Å². The van der Waals surface area contributed by atoms with Crippen LogP contribution in [0.25, 0.3) is 0 Å². The molecule has 17 heavy (non-hydrogen) atoms. The first-order valence-corrected chi connectivity index (χ1v) is 7.14. The molecule has 5 atom stereocenters. The quantitative estimate of drug-likeness (QED) is 0.740. The lowest BCUT2D eigenvalue weighted by Gasteiger charge is -2.54. The third-order valence-electron chi connectivity index (χ3n) is 5.54. The summed E-state index contributed by atoms with van der Waals surface area (Å²) in [7, 11) is 0. The van der Waals surface area contributed by atoms with Gasteiger partial charge in [-0.1, -0.05) is 26.7 Å². The molecule has 0 amide bonds. The Morgan fingerprint density at radius 1 is 1.29 bits per heavy atom. The van der Waals surface area contributed by atoms with Crippen LogP contribution >= 0.6 is 0 Å². The molecule has 0 aliphatic heterocycles. The summed E-state index contributed by atoms with van der Waals surface area (Å²) in [6, 6.07) is 0. The number of fused-ring (bicyclic) bond motifs is 1. The fraction of sp³-hybridized carbons (Fsp3) is 1.00. The second-order valence-corrected chi connectivity index (χ2v) is 7.40. The standard InChI is InChI=1S/C15H28O2/c1-10-6-5-7-15(4)9-13(16)12(8-11(10)15)14(2,3)17/h10-13,16-17H,5-9H2,1-4H3/t10-,11-,12-,13?,15+/m0/s1. The maximum atomic E-state index is 10.3. The van der Waals surface area contributed by atoms with E-state index in [1.807, 2.05) is 13.8 Å². The highest BCUT2D eigenvalue weighted by Crippen LogP contribution is 2.55. The Hall–Kier alpha value is -0.0800. The van der Waals surface area contributed by atoms with E-state index < -0.39 is 5.60 Å². The van der Waals surface area contributed by atoms with Gasteiger partial charge in [0.25, 0.3) is 0 Å². The molecule has 2 heteroatoms. The molecule has 0 heterocycles. The van der Waals surface area contributed by atoms with Crippen LogP contribution in [0.2, 0.25) is 0 Å². The van der Waals surface area contributed by atoms with Gasteiger partial charge in [-0.25, -0.2) is 0 Å². The van der Waals surface area contributed by atoms with Crippen molar-refractivity contribution in [2.24, 2.45) is 23.2 Å². The van der Waals surface area contributed by atoms with Crippen molar-refractivity contribution in [1.82, 2.24) is 0 Å². The minimum atomic E-state index is -0.752. The lowest BCUT2D eigenvalue weighted by Crippen LogP contribution is -2.52. The highest BCUT2D eigenvalue weighted by molar-refractivity contribution is 5.00. The molecule has 0 aromatic carbocycles. The Kier molecular flexibility index (Phi) is 3.33. The first-order chi connectivity index (χ1) is 7.74. The summed E-state index contributed by atoms with van der Waals surface area (Å²) in [5.74, 6) is 1.46. The highest BCUT2D eigenvalue weighted by Gasteiger charge is 2.50. The third-order valence-corrected chi connectivity index (χ3v) is 5.54. The van der Waals surface area contributed by atoms with E-state index in [2.05, 4.69) is 13.8 Å². The Morgan fingerprint density at radius 2 is 1.94 bits per heavy atom. The molecule has 0 saturated heterocycles. The van der Waals surface area contributed by atoms with Crippen LogP contribution in [0.5, 0.6) is 0 Å². The molecular weight excluding hydrogens is 212 g/mol. The summed E-state index contributed by atoms with van der Waals surface area (Å²) in [5, 5.41) is 20.5. The second-order valence-electron chi connectivity index (χ2n) is 7.40. The van der Waals surface area contributed by atoms with Gasteiger partial charge in [-0.05, 0) is 50.4 Å². The van der Waals surface area contributed by atoms with Gasteiger partial charge in [0.2, 0.25) is 0 Å². The van der Waals surface area contributed by atoms with Crippen LogP contribution in [0.15, 0.2) is 0 Å². The second kappa shape index (κ2) is 4.24. The van der Waals surface area contributed by atoms with Crippen LogP contribution in [-0.2, 0) is 0 Å². The first kappa shape index (κ1) is 13.4. The Morgan fingerprint density at radius 3 is 2.53 bits per heavy atom. The Balaban J connectivity index is 2.20. The van der Waals surface area contributed by atoms with Gasteiger partial charge < -0.3 is 10.2 Å². The molecule has 2 N–H and O–H groups in total. The summed E-state index contributed by atoms with van der Waals surface area (Å²) in [5.41, 5.74) is -0.448. The molecule has 2 nitrogen and oxygen atoms in total. The van der Waals surface area contributed by atoms with Crippen molar-refractivity contribution in [3.63, 3.8) is 0 Å². The highest BCUT2D eigenvalue weighted by atomic mass is 16.3. The van der Waals surface area contributed by atoms with Crippen molar-refractivity contribution in [2.75, 3.05) is 0 Å². The summed E-state index contributed by atoms with van der Waals surface area (Å²) < 4.78 is 0. The molecule has 100 valence electrons. The lowest BCUT2D eigenvalue weighted by molar-refractivity contribution is -0.131. The van der Waals surface area contributed by atoms with Crippen molar-refractivity contribution in [3.05, 3.63) is 0 Å². The van der Waals surface area contributed by atoms with Gasteiger partial charge in [0.1, 0.15) is 0 Å². The molecule has 0 aromatic heterocycles. The van der Waals surface area contributed by atoms with Gasteiger partial charge in [-0.15, -0.1) is 0 Å². The van der Waals surface area contributed by atoms with E-state index in [-0.39, 0.29) is 12.0 Å². The van der Waals surface area contributed by atoms with Crippen LogP contribution in [0.1, 0.15) is 59.8 Å². The molecular formula is C15H28O2. The van der Waals surface area contributed by atoms with E-state index in [1.165, 1.54) is 19.3 Å². The average molecular weight is 240 g/mol. The van der Waals surface area contributed by atoms with Crippen LogP contribution in [0.3, 0.4) is 0 Å². The molecule has 0 radical (unpaired) electrons. The van der Waals surface area contributed by atoms with Crippen molar-refractivity contribution in [3.8, 4) is 0 Å². The van der Waals surface area contributed by atoms with Crippen LogP contribution in [0, 0.1) is 23.2 Å². The van der Waals surface area contributed by atoms with Gasteiger partial charge >= 0.3 is 0 Å². The summed E-state index contributed by atoms with van der Waals surface area (Å²) in [4.78, 5) is 0. The molecule has 1 unspecified atom stereocenters. The molecule has 0 aromatic rings. The number of hydrogen-bond donors (Lipinski definition) is 2. The topological polar surface area (TPSA) is 40.5 Å². The summed E-state index contributed by atoms with van der Waals surface area (Å²) >= 11 is 0. The van der Waals surface area contributed by atoms with E-state index in [1.54, 1.807) is 0 Å². The Labute approximate surface area is 105 Å². The maximum absolute atomic E-state index is 10.3. The fourth-order valence-electron chi connectivity index (χ4n) is 4.48. The minimum absolute atomic E-state index is 0.0427. The van der Waals surface area contributed by atoms with Crippen LogP contribution < -0.4 is 0 Å². The van der Waals surface area contributed by atoms with E-state index >= 15 is 0 Å². The van der Waals surface area contributed by atoms with Crippen LogP contribution in [-0.4, -0.2) is 21.9 Å². The average Bonchev–Trinajstić information content (AvgIpc) is 2.13. The first-order valence-electron chi connectivity index (χ1n) is 7.14. The SMILES string of the molecule is C[C@H]1CCC[C@]2(C)CC(O)[C@@H](C(C)(C)O)C[C@@H]12. The lowest BCUT2D eigenvalue weighted by atomic mass is 9.53. The molecule has 2 fully saturated rings. The monoisotopic (exact) mass is 240 g/mol. The molecule has 2 saturated carbocycles. The van der Waals surface area contributed by atoms with Crippen molar-refractivity contribution in [2.45, 2.75) is 71.5 Å². The normalized spacial score (nSPS) is 47.6. The number of aliphatic hydroxyl groups is 2. The molecule has 0 bridgehead atoms. The number of hydrogen-bond acceptors (Lipinski definition) is 2. The smallest absolute Gasteiger partial charge is 0.0644 e. The summed E-state index contributed by atoms with van der Waals surface area (Å²) in [6.07, 6.45) is 5.39. The van der Waals surface area contributed by atoms with E-state index in [9.17, 15) is 10.2 Å².